The van der Waals surface area contributed by atoms with E-state index in [1.807, 2.05) is 6.92 Å². The number of fused-ring (bicyclic) bond motifs is 1. The third-order valence-corrected chi connectivity index (χ3v) is 6.80. The maximum absolute atomic E-state index is 13.2. The van der Waals surface area contributed by atoms with Crippen molar-refractivity contribution in [3.63, 3.8) is 0 Å². The lowest BCUT2D eigenvalue weighted by Gasteiger charge is -2.46. The third kappa shape index (κ3) is 5.20. The first-order valence-electron chi connectivity index (χ1n) is 11.8. The molecule has 34 heavy (non-hydrogen) atoms. The van der Waals surface area contributed by atoms with Gasteiger partial charge in [0.15, 0.2) is 5.76 Å². The predicted octanol–water partition coefficient (Wildman–Crippen LogP) is 4.75. The molecular formula is C26H33ClN4O3. The number of benzene rings is 1. The van der Waals surface area contributed by atoms with Crippen LogP contribution >= 0.6 is 11.6 Å². The summed E-state index contributed by atoms with van der Waals surface area (Å²) in [6.45, 7) is 10.5. The summed E-state index contributed by atoms with van der Waals surface area (Å²) < 4.78 is 6.04. The summed E-state index contributed by atoms with van der Waals surface area (Å²) in [5.41, 5.74) is 5.12. The van der Waals surface area contributed by atoms with Gasteiger partial charge in [0.05, 0.1) is 16.3 Å². The van der Waals surface area contributed by atoms with Gasteiger partial charge in [-0.3, -0.25) is 9.59 Å². The normalized spacial score (nSPS) is 20.6. The predicted molar refractivity (Wildman–Crippen MR) is 134 cm³/mol. The molecule has 1 aromatic heterocycles. The quantitative estimate of drug-likeness (QED) is 0.545. The minimum Gasteiger partial charge on any atom is -0.455 e. The molecule has 0 spiro atoms. The fourth-order valence-electron chi connectivity index (χ4n) is 5.50. The number of furan rings is 1. The van der Waals surface area contributed by atoms with Gasteiger partial charge >= 0.3 is 0 Å². The number of carbonyl (C=O) groups is 2. The number of aryl methyl sites for hydroxylation is 1. The van der Waals surface area contributed by atoms with Crippen molar-refractivity contribution >= 4 is 29.1 Å². The molecule has 2 heterocycles. The number of rotatable bonds is 4. The van der Waals surface area contributed by atoms with E-state index >= 15 is 0 Å². The molecule has 0 saturated carbocycles. The highest BCUT2D eigenvalue weighted by molar-refractivity contribution is 6.33. The van der Waals surface area contributed by atoms with Gasteiger partial charge in [-0.25, -0.2) is 5.43 Å². The van der Waals surface area contributed by atoms with Gasteiger partial charge < -0.3 is 15.1 Å². The molecule has 0 atom stereocenters. The van der Waals surface area contributed by atoms with Crippen LogP contribution in [0.3, 0.4) is 0 Å². The highest BCUT2D eigenvalue weighted by atomic mass is 35.5. The number of carbonyl (C=O) groups excluding carboxylic acids is 2. The Labute approximate surface area is 205 Å². The van der Waals surface area contributed by atoms with Crippen molar-refractivity contribution in [1.82, 2.24) is 16.1 Å². The Morgan fingerprint density at radius 3 is 2.44 bits per heavy atom. The molecule has 1 saturated heterocycles. The number of hydrazone groups is 1. The van der Waals surface area contributed by atoms with Gasteiger partial charge in [-0.05, 0) is 72.4 Å². The summed E-state index contributed by atoms with van der Waals surface area (Å²) in [7, 11) is 0. The summed E-state index contributed by atoms with van der Waals surface area (Å²) in [6, 6.07) is 6.88. The Morgan fingerprint density at radius 1 is 1.09 bits per heavy atom. The van der Waals surface area contributed by atoms with Crippen molar-refractivity contribution in [1.29, 1.82) is 0 Å². The monoisotopic (exact) mass is 484 g/mol. The largest absolute Gasteiger partial charge is 0.455 e. The van der Waals surface area contributed by atoms with Crippen LogP contribution in [0.25, 0.3) is 0 Å². The molecule has 1 aliphatic heterocycles. The zero-order valence-electron chi connectivity index (χ0n) is 20.5. The van der Waals surface area contributed by atoms with Gasteiger partial charge in [0, 0.05) is 34.7 Å². The van der Waals surface area contributed by atoms with Gasteiger partial charge in [-0.1, -0.05) is 23.7 Å². The van der Waals surface area contributed by atoms with E-state index in [-0.39, 0.29) is 28.9 Å². The van der Waals surface area contributed by atoms with E-state index in [4.69, 9.17) is 16.0 Å². The molecule has 4 rings (SSSR count). The Morgan fingerprint density at radius 2 is 1.76 bits per heavy atom. The van der Waals surface area contributed by atoms with Crippen LogP contribution in [-0.4, -0.2) is 34.6 Å². The van der Waals surface area contributed by atoms with Crippen molar-refractivity contribution in [3.05, 3.63) is 57.5 Å². The van der Waals surface area contributed by atoms with Crippen molar-refractivity contribution in [2.45, 2.75) is 83.8 Å². The van der Waals surface area contributed by atoms with E-state index < -0.39 is 0 Å². The zero-order chi connectivity index (χ0) is 24.7. The van der Waals surface area contributed by atoms with Gasteiger partial charge in [0.25, 0.3) is 11.8 Å². The molecule has 2 aromatic rings. The minimum atomic E-state index is -0.375. The molecule has 2 aliphatic rings. The van der Waals surface area contributed by atoms with Crippen LogP contribution in [0.4, 0.5) is 0 Å². The van der Waals surface area contributed by atoms with Crippen molar-refractivity contribution in [2.24, 2.45) is 5.10 Å². The Kier molecular flexibility index (Phi) is 6.62. The zero-order valence-corrected chi connectivity index (χ0v) is 21.2. The Bertz CT molecular complexity index is 1130. The smallest absolute Gasteiger partial charge is 0.287 e. The SMILES string of the molecule is Cc1c(C(=O)NC2CC(C)(C)NC(C)(C)C2)oc2c1/C(=N/NC(=O)c1ccccc1Cl)CCC2. The fourth-order valence-corrected chi connectivity index (χ4v) is 5.72. The van der Waals surface area contributed by atoms with Gasteiger partial charge in [0.1, 0.15) is 5.76 Å². The lowest BCUT2D eigenvalue weighted by atomic mass is 9.79. The number of hydrogen-bond acceptors (Lipinski definition) is 5. The van der Waals surface area contributed by atoms with E-state index in [1.54, 1.807) is 24.3 Å². The molecule has 0 unspecified atom stereocenters. The Balaban J connectivity index is 1.53. The van der Waals surface area contributed by atoms with Crippen LogP contribution in [0.1, 0.15) is 91.2 Å². The first-order valence-corrected chi connectivity index (χ1v) is 12.2. The number of nitrogens with one attached hydrogen (secondary N) is 3. The highest BCUT2D eigenvalue weighted by Gasteiger charge is 2.39. The van der Waals surface area contributed by atoms with Crippen molar-refractivity contribution < 1.29 is 14.0 Å². The van der Waals surface area contributed by atoms with Gasteiger partial charge in [0.2, 0.25) is 0 Å². The molecule has 0 bridgehead atoms. The number of hydrogen-bond donors (Lipinski definition) is 3. The second kappa shape index (κ2) is 9.19. The summed E-state index contributed by atoms with van der Waals surface area (Å²) in [5.74, 6) is 0.488. The number of nitrogens with zero attached hydrogens (tertiary/aromatic N) is 1. The lowest BCUT2D eigenvalue weighted by molar-refractivity contribution is 0.0842. The fraction of sp³-hybridized carbons (Fsp3) is 0.500. The van der Waals surface area contributed by atoms with E-state index in [0.717, 1.165) is 42.6 Å². The summed E-state index contributed by atoms with van der Waals surface area (Å²) in [6.07, 6.45) is 3.92. The second-order valence-corrected chi connectivity index (χ2v) is 11.1. The average Bonchev–Trinajstić information content (AvgIpc) is 3.07. The standard InChI is InChI=1S/C26H33ClN4O3/c1-15-21-19(29-30-23(32)17-9-6-7-10-18(17)27)11-8-12-20(21)34-22(15)24(33)28-16-13-25(2,3)31-26(4,5)14-16/h6-7,9-10,16,31H,8,11-14H2,1-5H3,(H,28,33)(H,30,32)/b29-19+. The number of halogens is 1. The van der Waals surface area contributed by atoms with Crippen LogP contribution < -0.4 is 16.1 Å². The first-order chi connectivity index (χ1) is 16.0. The molecule has 1 aliphatic carbocycles. The van der Waals surface area contributed by atoms with Crippen LogP contribution in [0.5, 0.6) is 0 Å². The molecule has 3 N–H and O–H groups in total. The summed E-state index contributed by atoms with van der Waals surface area (Å²) >= 11 is 6.13. The molecule has 2 amide bonds. The molecule has 0 radical (unpaired) electrons. The third-order valence-electron chi connectivity index (χ3n) is 6.47. The molecule has 182 valence electrons. The van der Waals surface area contributed by atoms with Crippen LogP contribution in [0, 0.1) is 6.92 Å². The van der Waals surface area contributed by atoms with Crippen molar-refractivity contribution in [3.8, 4) is 0 Å². The van der Waals surface area contributed by atoms with Crippen LogP contribution in [0.2, 0.25) is 5.02 Å². The number of piperidine rings is 1. The van der Waals surface area contributed by atoms with E-state index in [1.165, 1.54) is 0 Å². The second-order valence-electron chi connectivity index (χ2n) is 10.7. The van der Waals surface area contributed by atoms with Crippen LogP contribution in [-0.2, 0) is 6.42 Å². The maximum Gasteiger partial charge on any atom is 0.287 e. The number of amides is 2. The average molecular weight is 485 g/mol. The Hall–Kier alpha value is -2.64. The van der Waals surface area contributed by atoms with E-state index in [0.29, 0.717) is 28.5 Å². The molecule has 1 fully saturated rings. The first kappa shape index (κ1) is 24.5. The minimum absolute atomic E-state index is 0.0447. The van der Waals surface area contributed by atoms with E-state index in [9.17, 15) is 9.59 Å². The molecule has 1 aromatic carbocycles. The van der Waals surface area contributed by atoms with E-state index in [2.05, 4.69) is 48.9 Å². The van der Waals surface area contributed by atoms with Crippen LogP contribution in [0.15, 0.2) is 33.8 Å². The van der Waals surface area contributed by atoms with Gasteiger partial charge in [-0.15, -0.1) is 0 Å². The molecule has 7 nitrogen and oxygen atoms in total. The highest BCUT2D eigenvalue weighted by Crippen LogP contribution is 2.32. The van der Waals surface area contributed by atoms with Gasteiger partial charge in [-0.2, -0.15) is 5.10 Å². The van der Waals surface area contributed by atoms with Crippen molar-refractivity contribution in [2.75, 3.05) is 0 Å². The summed E-state index contributed by atoms with van der Waals surface area (Å²) in [4.78, 5) is 25.8. The topological polar surface area (TPSA) is 95.7 Å². The molecule has 8 heteroatoms. The lowest BCUT2D eigenvalue weighted by Crippen LogP contribution is -2.62. The summed E-state index contributed by atoms with van der Waals surface area (Å²) in [5, 5.41) is 11.6. The maximum atomic E-state index is 13.2. The molecular weight excluding hydrogens is 452 g/mol.